The van der Waals surface area contributed by atoms with E-state index in [1.807, 2.05) is 49.4 Å². The third-order valence-electron chi connectivity index (χ3n) is 3.84. The number of amides is 2. The van der Waals surface area contributed by atoms with Gasteiger partial charge < -0.3 is 16.0 Å². The number of anilines is 2. The van der Waals surface area contributed by atoms with Gasteiger partial charge in [-0.25, -0.2) is 0 Å². The van der Waals surface area contributed by atoms with Gasteiger partial charge in [0.1, 0.15) is 0 Å². The molecule has 0 atom stereocenters. The highest BCUT2D eigenvalue weighted by atomic mass is 16.2. The van der Waals surface area contributed by atoms with E-state index in [2.05, 4.69) is 5.32 Å². The fourth-order valence-corrected chi connectivity index (χ4v) is 2.38. The molecule has 0 aliphatic rings. The van der Waals surface area contributed by atoms with Gasteiger partial charge in [0, 0.05) is 17.9 Å². The fraction of sp³-hybridized carbons (Fsp3) is 0.300. The molecule has 132 valence electrons. The van der Waals surface area contributed by atoms with Crippen molar-refractivity contribution in [3.63, 3.8) is 0 Å². The van der Waals surface area contributed by atoms with Crippen LogP contribution in [0.5, 0.6) is 0 Å². The van der Waals surface area contributed by atoms with E-state index >= 15 is 0 Å². The topological polar surface area (TPSA) is 75.4 Å². The lowest BCUT2D eigenvalue weighted by Gasteiger charge is -2.21. The molecule has 0 aliphatic heterocycles. The Morgan fingerprint density at radius 3 is 2.16 bits per heavy atom. The van der Waals surface area contributed by atoms with Crippen LogP contribution in [0, 0.1) is 0 Å². The number of nitrogens with two attached hydrogens (primary N) is 1. The third-order valence-corrected chi connectivity index (χ3v) is 3.84. The van der Waals surface area contributed by atoms with Crippen LogP contribution in [-0.4, -0.2) is 23.9 Å². The van der Waals surface area contributed by atoms with Gasteiger partial charge in [0.25, 0.3) is 0 Å². The largest absolute Gasteiger partial charge is 0.325 e. The highest BCUT2D eigenvalue weighted by molar-refractivity contribution is 5.97. The maximum Gasteiger partial charge on any atom is 0.243 e. The van der Waals surface area contributed by atoms with E-state index in [-0.39, 0.29) is 11.8 Å². The summed E-state index contributed by atoms with van der Waals surface area (Å²) in [6, 6.07) is 16.9. The molecule has 0 aromatic heterocycles. The first-order chi connectivity index (χ1) is 11.8. The van der Waals surface area contributed by atoms with Crippen LogP contribution in [0.25, 0.3) is 0 Å². The van der Waals surface area contributed by atoms with Crippen LogP contribution >= 0.6 is 0 Å². The Labute approximate surface area is 148 Å². The summed E-state index contributed by atoms with van der Waals surface area (Å²) in [5, 5.41) is 2.76. The Bertz CT molecular complexity index is 719. The average molecular weight is 339 g/mol. The van der Waals surface area contributed by atoms with Gasteiger partial charge in [0.05, 0.1) is 12.0 Å². The van der Waals surface area contributed by atoms with Crippen molar-refractivity contribution < 1.29 is 9.59 Å². The summed E-state index contributed by atoms with van der Waals surface area (Å²) in [4.78, 5) is 26.2. The van der Waals surface area contributed by atoms with Crippen LogP contribution in [0.1, 0.15) is 26.3 Å². The molecule has 2 aromatic carbocycles. The van der Waals surface area contributed by atoms with Crippen molar-refractivity contribution in [2.45, 2.75) is 32.7 Å². The molecule has 5 heteroatoms. The van der Waals surface area contributed by atoms with Gasteiger partial charge in [0.2, 0.25) is 11.8 Å². The van der Waals surface area contributed by atoms with Gasteiger partial charge >= 0.3 is 0 Å². The van der Waals surface area contributed by atoms with Crippen molar-refractivity contribution in [1.82, 2.24) is 0 Å². The molecule has 0 saturated carbocycles. The van der Waals surface area contributed by atoms with Gasteiger partial charge in [-0.05, 0) is 50.6 Å². The molecule has 5 nitrogen and oxygen atoms in total. The number of carbonyl (C=O) groups is 2. The first-order valence-electron chi connectivity index (χ1n) is 8.36. The molecule has 0 aliphatic carbocycles. The van der Waals surface area contributed by atoms with E-state index in [4.69, 9.17) is 5.73 Å². The third kappa shape index (κ3) is 5.16. The smallest absolute Gasteiger partial charge is 0.243 e. The van der Waals surface area contributed by atoms with Crippen molar-refractivity contribution >= 4 is 23.2 Å². The lowest BCUT2D eigenvalue weighted by molar-refractivity contribution is -0.120. The number of likely N-dealkylation sites (N-methyl/N-ethyl adjacent to an activating group) is 1. The van der Waals surface area contributed by atoms with Crippen LogP contribution in [0.2, 0.25) is 0 Å². The van der Waals surface area contributed by atoms with Crippen LogP contribution in [-0.2, 0) is 16.0 Å². The second kappa shape index (κ2) is 7.94. The van der Waals surface area contributed by atoms with Crippen molar-refractivity contribution in [3.05, 3.63) is 60.2 Å². The summed E-state index contributed by atoms with van der Waals surface area (Å²) in [7, 11) is 0. The van der Waals surface area contributed by atoms with Gasteiger partial charge in [0.15, 0.2) is 0 Å². The van der Waals surface area contributed by atoms with Crippen LogP contribution in [0.4, 0.5) is 11.4 Å². The second-order valence-corrected chi connectivity index (χ2v) is 6.52. The minimum Gasteiger partial charge on any atom is -0.325 e. The molecule has 0 spiro atoms. The quantitative estimate of drug-likeness (QED) is 0.849. The molecule has 0 bridgehead atoms. The molecule has 25 heavy (non-hydrogen) atoms. The highest BCUT2D eigenvalue weighted by Crippen LogP contribution is 2.16. The second-order valence-electron chi connectivity index (χ2n) is 6.52. The van der Waals surface area contributed by atoms with E-state index in [1.54, 1.807) is 30.9 Å². The number of hydrogen-bond donors (Lipinski definition) is 2. The number of nitrogens with zero attached hydrogens (tertiary/aromatic N) is 1. The van der Waals surface area contributed by atoms with E-state index in [9.17, 15) is 9.59 Å². The molecule has 0 radical (unpaired) electrons. The standard InChI is InChI=1S/C20H25N3O2/c1-4-23(17-8-6-5-7-9-17)18(24)14-15-10-12-16(13-11-15)22-19(25)20(2,3)21/h5-13H,4,14,21H2,1-3H3,(H,22,25). The lowest BCUT2D eigenvalue weighted by Crippen LogP contribution is -2.45. The summed E-state index contributed by atoms with van der Waals surface area (Å²) in [6.45, 7) is 5.87. The summed E-state index contributed by atoms with van der Waals surface area (Å²) in [5.41, 5.74) is 7.27. The van der Waals surface area contributed by atoms with Crippen LogP contribution < -0.4 is 16.0 Å². The van der Waals surface area contributed by atoms with Gasteiger partial charge in [-0.3, -0.25) is 9.59 Å². The van der Waals surface area contributed by atoms with Gasteiger partial charge in [-0.15, -0.1) is 0 Å². The number of benzene rings is 2. The Hall–Kier alpha value is -2.66. The first kappa shape index (κ1) is 18.7. The number of hydrogen-bond acceptors (Lipinski definition) is 3. The molecule has 2 amide bonds. The normalized spacial score (nSPS) is 11.0. The molecule has 2 rings (SSSR count). The predicted molar refractivity (Wildman–Crippen MR) is 102 cm³/mol. The molecular weight excluding hydrogens is 314 g/mol. The van der Waals surface area contributed by atoms with E-state index in [0.717, 1.165) is 11.3 Å². The monoisotopic (exact) mass is 339 g/mol. The van der Waals surface area contributed by atoms with Crippen molar-refractivity contribution in [3.8, 4) is 0 Å². The highest BCUT2D eigenvalue weighted by Gasteiger charge is 2.21. The van der Waals surface area contributed by atoms with Gasteiger partial charge in [-0.2, -0.15) is 0 Å². The molecule has 0 saturated heterocycles. The van der Waals surface area contributed by atoms with E-state index < -0.39 is 5.54 Å². The first-order valence-corrected chi connectivity index (χ1v) is 8.36. The summed E-state index contributed by atoms with van der Waals surface area (Å²) >= 11 is 0. The zero-order valence-corrected chi connectivity index (χ0v) is 15.0. The Morgan fingerprint density at radius 2 is 1.64 bits per heavy atom. The van der Waals surface area contributed by atoms with Crippen LogP contribution in [0.3, 0.4) is 0 Å². The van der Waals surface area contributed by atoms with Gasteiger partial charge in [-0.1, -0.05) is 30.3 Å². The van der Waals surface area contributed by atoms with E-state index in [1.165, 1.54) is 0 Å². The van der Waals surface area contributed by atoms with Crippen molar-refractivity contribution in [2.24, 2.45) is 5.73 Å². The zero-order chi connectivity index (χ0) is 18.4. The Morgan fingerprint density at radius 1 is 1.04 bits per heavy atom. The number of rotatable bonds is 6. The number of para-hydroxylation sites is 1. The summed E-state index contributed by atoms with van der Waals surface area (Å²) < 4.78 is 0. The Balaban J connectivity index is 2.03. The van der Waals surface area contributed by atoms with E-state index in [0.29, 0.717) is 18.7 Å². The number of nitrogens with one attached hydrogen (secondary N) is 1. The summed E-state index contributed by atoms with van der Waals surface area (Å²) in [5.74, 6) is -0.217. The fourth-order valence-electron chi connectivity index (χ4n) is 2.38. The maximum atomic E-state index is 12.6. The predicted octanol–water partition coefficient (Wildman–Crippen LogP) is 2.96. The molecule has 0 unspecified atom stereocenters. The minimum absolute atomic E-state index is 0.0357. The average Bonchev–Trinajstić information content (AvgIpc) is 2.57. The Kier molecular flexibility index (Phi) is 5.93. The molecule has 3 N–H and O–H groups in total. The number of carbonyl (C=O) groups excluding carboxylic acids is 2. The summed E-state index contributed by atoms with van der Waals surface area (Å²) in [6.07, 6.45) is 0.305. The molecule has 0 fully saturated rings. The maximum absolute atomic E-state index is 12.6. The zero-order valence-electron chi connectivity index (χ0n) is 15.0. The SMILES string of the molecule is CCN(C(=O)Cc1ccc(NC(=O)C(C)(C)N)cc1)c1ccccc1. The molecule has 0 heterocycles. The minimum atomic E-state index is -0.939. The van der Waals surface area contributed by atoms with Crippen molar-refractivity contribution in [1.29, 1.82) is 0 Å². The van der Waals surface area contributed by atoms with Crippen LogP contribution in [0.15, 0.2) is 54.6 Å². The molecule has 2 aromatic rings. The van der Waals surface area contributed by atoms with Crippen molar-refractivity contribution in [2.75, 3.05) is 16.8 Å². The molecular formula is C20H25N3O2. The lowest BCUT2D eigenvalue weighted by atomic mass is 10.1.